The summed E-state index contributed by atoms with van der Waals surface area (Å²) in [6.45, 7) is 1.06. The molecule has 2 N–H and O–H groups in total. The van der Waals surface area contributed by atoms with E-state index in [1.54, 1.807) is 0 Å². The number of nitrogens with two attached hydrogens (primary N) is 1. The Bertz CT molecular complexity index is 437. The van der Waals surface area contributed by atoms with Crippen molar-refractivity contribution < 1.29 is 9.53 Å². The molecule has 1 spiro atoms. The Morgan fingerprint density at radius 3 is 2.53 bits per heavy atom. The Kier molecular flexibility index (Phi) is 2.33. The highest BCUT2D eigenvalue weighted by atomic mass is 16.6. The molecule has 4 nitrogen and oxygen atoms in total. The molecule has 1 saturated heterocycles. The molecule has 1 amide bonds. The molecule has 0 unspecified atom stereocenters. The van der Waals surface area contributed by atoms with Crippen LogP contribution >= 0.6 is 0 Å². The van der Waals surface area contributed by atoms with Gasteiger partial charge in [0.15, 0.2) is 0 Å². The number of rotatable bonds is 2. The van der Waals surface area contributed by atoms with Crippen LogP contribution in [-0.4, -0.2) is 18.2 Å². The fraction of sp³-hybridized carbons (Fsp3) is 0.462. The first-order valence-electron chi connectivity index (χ1n) is 6.01. The van der Waals surface area contributed by atoms with E-state index in [2.05, 4.69) is 0 Å². The van der Waals surface area contributed by atoms with Crippen LogP contribution < -0.4 is 10.6 Å². The molecule has 0 radical (unpaired) electrons. The van der Waals surface area contributed by atoms with Gasteiger partial charge in [0.05, 0.1) is 5.54 Å². The van der Waals surface area contributed by atoms with Crippen molar-refractivity contribution in [2.45, 2.75) is 31.3 Å². The maximum Gasteiger partial charge on any atom is 0.415 e. The number of hydrogen-bond acceptors (Lipinski definition) is 3. The highest BCUT2D eigenvalue weighted by Gasteiger charge is 2.52. The van der Waals surface area contributed by atoms with Gasteiger partial charge in [-0.25, -0.2) is 4.79 Å². The van der Waals surface area contributed by atoms with Crippen LogP contribution in [0.1, 0.15) is 24.8 Å². The van der Waals surface area contributed by atoms with Crippen LogP contribution in [0.15, 0.2) is 24.3 Å². The molecule has 1 aromatic rings. The third-order valence-corrected chi connectivity index (χ3v) is 3.84. The zero-order chi connectivity index (χ0) is 11.9. The molecule has 1 aromatic carbocycles. The van der Waals surface area contributed by atoms with Crippen molar-refractivity contribution >= 4 is 11.8 Å². The lowest BCUT2D eigenvalue weighted by molar-refractivity contribution is 0.154. The predicted molar refractivity (Wildman–Crippen MR) is 64.7 cm³/mol. The van der Waals surface area contributed by atoms with E-state index in [4.69, 9.17) is 10.5 Å². The summed E-state index contributed by atoms with van der Waals surface area (Å²) in [5.41, 5.74) is 7.49. The standard InChI is InChI=1S/C13H16N2O2/c14-8-10-2-4-11(5-3-10)15-12(16)17-9-13(15)6-1-7-13/h2-5H,1,6-9,14H2. The number of hydrogen-bond donors (Lipinski definition) is 1. The minimum Gasteiger partial charge on any atom is -0.447 e. The van der Waals surface area contributed by atoms with Gasteiger partial charge in [0.1, 0.15) is 6.61 Å². The summed E-state index contributed by atoms with van der Waals surface area (Å²) in [4.78, 5) is 13.6. The van der Waals surface area contributed by atoms with Crippen molar-refractivity contribution in [1.82, 2.24) is 0 Å². The van der Waals surface area contributed by atoms with Gasteiger partial charge in [-0.2, -0.15) is 0 Å². The lowest BCUT2D eigenvalue weighted by Crippen LogP contribution is -2.52. The van der Waals surface area contributed by atoms with Gasteiger partial charge in [-0.1, -0.05) is 12.1 Å². The number of anilines is 1. The normalized spacial score (nSPS) is 21.5. The van der Waals surface area contributed by atoms with Gasteiger partial charge in [-0.05, 0) is 37.0 Å². The van der Waals surface area contributed by atoms with Crippen LogP contribution in [0.2, 0.25) is 0 Å². The van der Waals surface area contributed by atoms with Crippen molar-refractivity contribution in [2.75, 3.05) is 11.5 Å². The van der Waals surface area contributed by atoms with Gasteiger partial charge >= 0.3 is 6.09 Å². The highest BCUT2D eigenvalue weighted by molar-refractivity contribution is 5.91. The summed E-state index contributed by atoms with van der Waals surface area (Å²) in [7, 11) is 0. The van der Waals surface area contributed by atoms with Gasteiger partial charge < -0.3 is 10.5 Å². The third-order valence-electron chi connectivity index (χ3n) is 3.84. The first-order valence-corrected chi connectivity index (χ1v) is 6.01. The van der Waals surface area contributed by atoms with E-state index in [0.717, 1.165) is 24.1 Å². The average molecular weight is 232 g/mol. The number of cyclic esters (lactones) is 1. The predicted octanol–water partition coefficient (Wildman–Crippen LogP) is 2.02. The topological polar surface area (TPSA) is 55.6 Å². The second kappa shape index (κ2) is 3.74. The molecular formula is C13H16N2O2. The lowest BCUT2D eigenvalue weighted by atomic mass is 9.76. The SMILES string of the molecule is NCc1ccc(N2C(=O)OCC23CCC3)cc1. The Labute approximate surface area is 100 Å². The zero-order valence-corrected chi connectivity index (χ0v) is 9.69. The summed E-state index contributed by atoms with van der Waals surface area (Å²) in [5.74, 6) is 0. The molecule has 4 heteroatoms. The molecule has 0 bridgehead atoms. The van der Waals surface area contributed by atoms with Crippen molar-refractivity contribution in [3.05, 3.63) is 29.8 Å². The Morgan fingerprint density at radius 1 is 1.29 bits per heavy atom. The smallest absolute Gasteiger partial charge is 0.415 e. The van der Waals surface area contributed by atoms with E-state index in [1.165, 1.54) is 6.42 Å². The summed E-state index contributed by atoms with van der Waals surface area (Å²) in [5, 5.41) is 0. The van der Waals surface area contributed by atoms with E-state index < -0.39 is 0 Å². The molecule has 0 aromatic heterocycles. The largest absolute Gasteiger partial charge is 0.447 e. The summed E-state index contributed by atoms with van der Waals surface area (Å²) in [6.07, 6.45) is 3.04. The van der Waals surface area contributed by atoms with Gasteiger partial charge in [0.25, 0.3) is 0 Å². The van der Waals surface area contributed by atoms with E-state index >= 15 is 0 Å². The van der Waals surface area contributed by atoms with Crippen LogP contribution in [0.4, 0.5) is 10.5 Å². The summed E-state index contributed by atoms with van der Waals surface area (Å²) >= 11 is 0. The van der Waals surface area contributed by atoms with Gasteiger partial charge in [-0.3, -0.25) is 4.90 Å². The van der Waals surface area contributed by atoms with Gasteiger partial charge in [0, 0.05) is 12.2 Å². The van der Waals surface area contributed by atoms with Crippen LogP contribution in [0.5, 0.6) is 0 Å². The number of carbonyl (C=O) groups is 1. The van der Waals surface area contributed by atoms with Crippen LogP contribution in [0.25, 0.3) is 0 Å². The molecule has 1 aliphatic heterocycles. The number of nitrogens with zero attached hydrogens (tertiary/aromatic N) is 1. The Hall–Kier alpha value is -1.55. The van der Waals surface area contributed by atoms with E-state index in [0.29, 0.717) is 13.2 Å². The second-order valence-electron chi connectivity index (χ2n) is 4.84. The Morgan fingerprint density at radius 2 is 2.00 bits per heavy atom. The van der Waals surface area contributed by atoms with E-state index in [-0.39, 0.29) is 11.6 Å². The quantitative estimate of drug-likeness (QED) is 0.848. The lowest BCUT2D eigenvalue weighted by Gasteiger charge is -2.42. The molecule has 1 heterocycles. The fourth-order valence-corrected chi connectivity index (χ4v) is 2.63. The van der Waals surface area contributed by atoms with Crippen molar-refractivity contribution in [3.8, 4) is 0 Å². The number of carbonyl (C=O) groups excluding carboxylic acids is 1. The molecule has 2 fully saturated rings. The maximum absolute atomic E-state index is 11.8. The van der Waals surface area contributed by atoms with Gasteiger partial charge in [0.2, 0.25) is 0 Å². The molecule has 1 saturated carbocycles. The van der Waals surface area contributed by atoms with Crippen molar-refractivity contribution in [2.24, 2.45) is 5.73 Å². The third kappa shape index (κ3) is 1.52. The van der Waals surface area contributed by atoms with E-state index in [9.17, 15) is 4.79 Å². The molecular weight excluding hydrogens is 216 g/mol. The molecule has 90 valence electrons. The van der Waals surface area contributed by atoms with E-state index in [1.807, 2.05) is 29.2 Å². The molecule has 17 heavy (non-hydrogen) atoms. The molecule has 3 rings (SSSR count). The molecule has 2 aliphatic rings. The number of amides is 1. The highest BCUT2D eigenvalue weighted by Crippen LogP contribution is 2.44. The average Bonchev–Trinajstić information content (AvgIpc) is 2.67. The van der Waals surface area contributed by atoms with Gasteiger partial charge in [-0.15, -0.1) is 0 Å². The minimum atomic E-state index is -0.217. The maximum atomic E-state index is 11.8. The monoisotopic (exact) mass is 232 g/mol. The zero-order valence-electron chi connectivity index (χ0n) is 9.69. The summed E-state index contributed by atoms with van der Waals surface area (Å²) < 4.78 is 5.20. The van der Waals surface area contributed by atoms with Crippen LogP contribution in [-0.2, 0) is 11.3 Å². The molecule has 0 atom stereocenters. The van der Waals surface area contributed by atoms with Crippen molar-refractivity contribution in [3.63, 3.8) is 0 Å². The summed E-state index contributed by atoms with van der Waals surface area (Å²) in [6, 6.07) is 7.84. The minimum absolute atomic E-state index is 0.0681. The van der Waals surface area contributed by atoms with Crippen molar-refractivity contribution in [1.29, 1.82) is 0 Å². The second-order valence-corrected chi connectivity index (χ2v) is 4.84. The first kappa shape index (κ1) is 10.6. The van der Waals surface area contributed by atoms with Crippen LogP contribution in [0.3, 0.4) is 0 Å². The van der Waals surface area contributed by atoms with Crippen LogP contribution in [0, 0.1) is 0 Å². The fourth-order valence-electron chi connectivity index (χ4n) is 2.63. The molecule has 1 aliphatic carbocycles. The first-order chi connectivity index (χ1) is 8.25. The number of benzene rings is 1. The Balaban J connectivity index is 1.93. The number of ether oxygens (including phenoxy) is 1.